The summed E-state index contributed by atoms with van der Waals surface area (Å²) in [5.74, 6) is -1.24. The molecule has 1 aromatic heterocycles. The molecule has 4 nitrogen and oxygen atoms in total. The molecule has 1 N–H and O–H groups in total. The van der Waals surface area contributed by atoms with E-state index in [-0.39, 0.29) is 43.1 Å². The van der Waals surface area contributed by atoms with Gasteiger partial charge in [0.25, 0.3) is 0 Å². The zero-order valence-electron chi connectivity index (χ0n) is 20.7. The molecule has 3 heterocycles. The molecule has 0 amide bonds. The van der Waals surface area contributed by atoms with Crippen LogP contribution in [-0.2, 0) is 6.42 Å². The second-order valence-electron chi connectivity index (χ2n) is 10.1. The lowest BCUT2D eigenvalue weighted by Crippen LogP contribution is -2.49. The van der Waals surface area contributed by atoms with Crippen molar-refractivity contribution in [3.63, 3.8) is 0 Å². The van der Waals surface area contributed by atoms with Crippen LogP contribution in [0.4, 0.5) is 17.6 Å². The van der Waals surface area contributed by atoms with Crippen molar-refractivity contribution in [1.29, 1.82) is 0 Å². The van der Waals surface area contributed by atoms with E-state index in [0.29, 0.717) is 38.2 Å². The van der Waals surface area contributed by atoms with E-state index in [4.69, 9.17) is 4.74 Å². The lowest BCUT2D eigenvalue weighted by molar-refractivity contribution is 0.0667. The normalized spacial score (nSPS) is 21.9. The van der Waals surface area contributed by atoms with E-state index in [1.807, 2.05) is 41.0 Å². The second kappa shape index (κ2) is 10.4. The molecule has 194 valence electrons. The van der Waals surface area contributed by atoms with Crippen LogP contribution in [0, 0.1) is 17.6 Å². The van der Waals surface area contributed by atoms with Crippen LogP contribution in [0.25, 0.3) is 10.9 Å². The monoisotopic (exact) mass is 503 g/mol. The number of likely N-dealkylation sites (tertiary alicyclic amines) is 1. The molecule has 5 rings (SSSR count). The molecular weight excluding hydrogens is 470 g/mol. The van der Waals surface area contributed by atoms with E-state index in [0.717, 1.165) is 16.5 Å². The summed E-state index contributed by atoms with van der Waals surface area (Å²) in [5.41, 5.74) is 2.53. The molecule has 8 heteroatoms. The van der Waals surface area contributed by atoms with Gasteiger partial charge in [-0.05, 0) is 31.4 Å². The van der Waals surface area contributed by atoms with Gasteiger partial charge in [0, 0.05) is 72.4 Å². The molecule has 36 heavy (non-hydrogen) atoms. The standard InChI is InChI=1S/C28H33F4N3O/c1-3-19(30)16-35-17(2)10-22-21-6-4-5-7-25(21)33-27(22)28(35)26-23(31)11-20(12-24(26)32)36-9-8-34-14-18(13-29)15-34/h4-7,11-12,17-19,28,33H,3,8-10,13-16H2,1-2H3/t17-,19+,28-/m1/s1. The molecule has 1 fully saturated rings. The van der Waals surface area contributed by atoms with Gasteiger partial charge in [-0.15, -0.1) is 0 Å². The van der Waals surface area contributed by atoms with Crippen LogP contribution in [0.15, 0.2) is 36.4 Å². The maximum atomic E-state index is 15.6. The first-order valence-corrected chi connectivity index (χ1v) is 12.8. The first kappa shape index (κ1) is 25.1. The Labute approximate surface area is 209 Å². The number of nitrogens with one attached hydrogen (secondary N) is 1. The van der Waals surface area contributed by atoms with E-state index in [1.54, 1.807) is 6.92 Å². The minimum absolute atomic E-state index is 0.0751. The third kappa shape index (κ3) is 4.73. The fraction of sp³-hybridized carbons (Fsp3) is 0.500. The maximum Gasteiger partial charge on any atom is 0.135 e. The number of benzene rings is 2. The summed E-state index contributed by atoms with van der Waals surface area (Å²) in [7, 11) is 0. The Morgan fingerprint density at radius 3 is 2.56 bits per heavy atom. The van der Waals surface area contributed by atoms with Crippen molar-refractivity contribution in [2.24, 2.45) is 5.92 Å². The summed E-state index contributed by atoms with van der Waals surface area (Å²) in [6, 6.07) is 9.35. The number of halogens is 4. The summed E-state index contributed by atoms with van der Waals surface area (Å²) < 4.78 is 64.1. The molecule has 1 saturated heterocycles. The van der Waals surface area contributed by atoms with Crippen LogP contribution in [0.1, 0.15) is 43.1 Å². The zero-order valence-corrected chi connectivity index (χ0v) is 20.7. The third-order valence-corrected chi connectivity index (χ3v) is 7.62. The molecule has 2 aromatic carbocycles. The van der Waals surface area contributed by atoms with Crippen LogP contribution in [0.5, 0.6) is 5.75 Å². The predicted molar refractivity (Wildman–Crippen MR) is 133 cm³/mol. The number of alkyl halides is 2. The number of hydrogen-bond acceptors (Lipinski definition) is 3. The number of rotatable bonds is 9. The van der Waals surface area contributed by atoms with Crippen molar-refractivity contribution < 1.29 is 22.3 Å². The molecule has 3 atom stereocenters. The van der Waals surface area contributed by atoms with Crippen LogP contribution in [0.2, 0.25) is 0 Å². The van der Waals surface area contributed by atoms with Crippen LogP contribution in [-0.4, -0.2) is 66.5 Å². The fourth-order valence-corrected chi connectivity index (χ4v) is 5.62. The van der Waals surface area contributed by atoms with Gasteiger partial charge in [0.2, 0.25) is 0 Å². The van der Waals surface area contributed by atoms with Gasteiger partial charge in [0.05, 0.1) is 12.7 Å². The Balaban J connectivity index is 1.46. The smallest absolute Gasteiger partial charge is 0.135 e. The van der Waals surface area contributed by atoms with Gasteiger partial charge in [-0.3, -0.25) is 14.2 Å². The number of nitrogens with zero attached hydrogens (tertiary/aromatic N) is 2. The number of hydrogen-bond donors (Lipinski definition) is 1. The second-order valence-corrected chi connectivity index (χ2v) is 10.1. The molecule has 0 radical (unpaired) electrons. The highest BCUT2D eigenvalue weighted by Crippen LogP contribution is 2.43. The number of H-pyrrole nitrogens is 1. The number of para-hydroxylation sites is 1. The Morgan fingerprint density at radius 1 is 1.14 bits per heavy atom. The molecule has 0 spiro atoms. The van der Waals surface area contributed by atoms with Crippen molar-refractivity contribution in [2.45, 2.75) is 44.9 Å². The Morgan fingerprint density at radius 2 is 1.86 bits per heavy atom. The van der Waals surface area contributed by atoms with Gasteiger partial charge in [-0.1, -0.05) is 25.1 Å². The summed E-state index contributed by atoms with van der Waals surface area (Å²) in [6.07, 6.45) is -0.111. The van der Waals surface area contributed by atoms with E-state index in [1.165, 1.54) is 12.1 Å². The van der Waals surface area contributed by atoms with Crippen LogP contribution in [0.3, 0.4) is 0 Å². The minimum Gasteiger partial charge on any atom is -0.492 e. The van der Waals surface area contributed by atoms with Crippen molar-refractivity contribution in [3.05, 3.63) is 64.9 Å². The first-order valence-electron chi connectivity index (χ1n) is 12.8. The van der Waals surface area contributed by atoms with Crippen molar-refractivity contribution in [3.8, 4) is 5.75 Å². The van der Waals surface area contributed by atoms with Crippen LogP contribution >= 0.6 is 0 Å². The average molecular weight is 504 g/mol. The van der Waals surface area contributed by atoms with Crippen molar-refractivity contribution in [1.82, 2.24) is 14.8 Å². The van der Waals surface area contributed by atoms with Gasteiger partial charge in [-0.25, -0.2) is 13.2 Å². The van der Waals surface area contributed by atoms with Gasteiger partial charge >= 0.3 is 0 Å². The van der Waals surface area contributed by atoms with Crippen LogP contribution < -0.4 is 4.74 Å². The van der Waals surface area contributed by atoms with Gasteiger partial charge in [0.15, 0.2) is 0 Å². The van der Waals surface area contributed by atoms with Crippen molar-refractivity contribution >= 4 is 10.9 Å². The summed E-state index contributed by atoms with van der Waals surface area (Å²) >= 11 is 0. The SMILES string of the molecule is CC[C@H](F)CN1[C@H](c2c(F)cc(OCCN3CC(CF)C3)cc2F)c2[nH]c3ccccc3c2C[C@H]1C. The topological polar surface area (TPSA) is 31.5 Å². The molecule has 2 aliphatic rings. The third-order valence-electron chi connectivity index (χ3n) is 7.62. The molecule has 0 aliphatic carbocycles. The van der Waals surface area contributed by atoms with Crippen molar-refractivity contribution in [2.75, 3.05) is 39.5 Å². The largest absolute Gasteiger partial charge is 0.492 e. The molecular formula is C28H33F4N3O. The highest BCUT2D eigenvalue weighted by Gasteiger charge is 2.39. The molecule has 0 bridgehead atoms. The van der Waals surface area contributed by atoms with E-state index < -0.39 is 23.8 Å². The van der Waals surface area contributed by atoms with Gasteiger partial charge in [0.1, 0.15) is 30.2 Å². The van der Waals surface area contributed by atoms with E-state index in [9.17, 15) is 8.78 Å². The summed E-state index contributed by atoms with van der Waals surface area (Å²) in [4.78, 5) is 7.30. The summed E-state index contributed by atoms with van der Waals surface area (Å²) in [5, 5.41) is 1.03. The average Bonchev–Trinajstić information content (AvgIpc) is 3.19. The lowest BCUT2D eigenvalue weighted by Gasteiger charge is -2.41. The maximum absolute atomic E-state index is 15.6. The van der Waals surface area contributed by atoms with Gasteiger partial charge in [-0.2, -0.15) is 0 Å². The Bertz CT molecular complexity index is 1190. The first-order chi connectivity index (χ1) is 17.4. The summed E-state index contributed by atoms with van der Waals surface area (Å²) in [6.45, 7) is 5.70. The fourth-order valence-electron chi connectivity index (χ4n) is 5.62. The highest BCUT2D eigenvalue weighted by molar-refractivity contribution is 5.85. The number of ether oxygens (including phenoxy) is 1. The number of fused-ring (bicyclic) bond motifs is 3. The van der Waals surface area contributed by atoms with E-state index >= 15 is 8.78 Å². The molecule has 3 aromatic rings. The molecule has 2 aliphatic heterocycles. The highest BCUT2D eigenvalue weighted by atomic mass is 19.1. The quantitative estimate of drug-likeness (QED) is 0.374. The Hall–Kier alpha value is -2.58. The predicted octanol–water partition coefficient (Wildman–Crippen LogP) is 5.81. The number of aromatic nitrogens is 1. The number of aromatic amines is 1. The lowest BCUT2D eigenvalue weighted by atomic mass is 9.87. The molecule has 0 unspecified atom stereocenters. The Kier molecular flexibility index (Phi) is 7.26. The van der Waals surface area contributed by atoms with Gasteiger partial charge < -0.3 is 9.72 Å². The zero-order chi connectivity index (χ0) is 25.4. The van der Waals surface area contributed by atoms with E-state index in [2.05, 4.69) is 4.98 Å². The minimum atomic E-state index is -1.10. The molecule has 0 saturated carbocycles.